The van der Waals surface area contributed by atoms with Crippen molar-refractivity contribution in [3.8, 4) is 5.75 Å². The zero-order valence-corrected chi connectivity index (χ0v) is 14.5. The molecule has 0 aliphatic carbocycles. The summed E-state index contributed by atoms with van der Waals surface area (Å²) in [4.78, 5) is 11.0. The summed E-state index contributed by atoms with van der Waals surface area (Å²) in [5.74, 6) is 0.101. The highest BCUT2D eigenvalue weighted by Gasteiger charge is 2.33. The van der Waals surface area contributed by atoms with E-state index in [1.807, 2.05) is 13.0 Å². The first kappa shape index (κ1) is 18.3. The number of carbonyl (C=O) groups excluding carboxylic acids is 1. The molecule has 24 heavy (non-hydrogen) atoms. The molecule has 2 aromatic carbocycles. The Balaban J connectivity index is 2.58. The predicted molar refractivity (Wildman–Crippen MR) is 91.2 cm³/mol. The van der Waals surface area contributed by atoms with Crippen LogP contribution in [0.1, 0.15) is 32.6 Å². The number of carbonyl (C=O) groups is 1. The third-order valence-electron chi connectivity index (χ3n) is 3.59. The summed E-state index contributed by atoms with van der Waals surface area (Å²) in [7, 11) is 1.31. The van der Waals surface area contributed by atoms with Crippen molar-refractivity contribution in [3.63, 3.8) is 0 Å². The zero-order chi connectivity index (χ0) is 17.9. The van der Waals surface area contributed by atoms with Gasteiger partial charge in [0, 0.05) is 4.47 Å². The number of hydrogen-bond acceptors (Lipinski definition) is 2. The van der Waals surface area contributed by atoms with Crippen LogP contribution >= 0.6 is 15.9 Å². The van der Waals surface area contributed by atoms with Gasteiger partial charge in [0.05, 0.1) is 18.2 Å². The molecule has 0 aliphatic heterocycles. The van der Waals surface area contributed by atoms with Gasteiger partial charge in [0.25, 0.3) is 0 Å². The van der Waals surface area contributed by atoms with Crippen LogP contribution in [0.25, 0.3) is 12.2 Å². The van der Waals surface area contributed by atoms with Crippen molar-refractivity contribution < 1.29 is 22.7 Å². The minimum Gasteiger partial charge on any atom is -0.496 e. The van der Waals surface area contributed by atoms with Gasteiger partial charge in [-0.25, -0.2) is 0 Å². The SMILES string of the molecule is COc1cc(/C=C/c2cccc(Br)c2C)c(C(F)(F)F)cc1C=O. The van der Waals surface area contributed by atoms with Gasteiger partial charge in [0.1, 0.15) is 5.75 Å². The van der Waals surface area contributed by atoms with E-state index in [0.717, 1.165) is 21.7 Å². The van der Waals surface area contributed by atoms with Crippen molar-refractivity contribution in [2.24, 2.45) is 0 Å². The molecule has 0 spiro atoms. The van der Waals surface area contributed by atoms with Crippen LogP contribution in [0.15, 0.2) is 34.8 Å². The fourth-order valence-electron chi connectivity index (χ4n) is 2.25. The predicted octanol–water partition coefficient (Wildman–Crippen LogP) is 5.77. The van der Waals surface area contributed by atoms with E-state index in [2.05, 4.69) is 15.9 Å². The molecule has 0 saturated heterocycles. The average molecular weight is 399 g/mol. The van der Waals surface area contributed by atoms with Crippen molar-refractivity contribution in [1.29, 1.82) is 0 Å². The van der Waals surface area contributed by atoms with Gasteiger partial charge >= 0.3 is 6.18 Å². The summed E-state index contributed by atoms with van der Waals surface area (Å²) >= 11 is 3.39. The Morgan fingerprint density at radius 3 is 2.33 bits per heavy atom. The second-order valence-electron chi connectivity index (χ2n) is 5.08. The fraction of sp³-hybridized carbons (Fsp3) is 0.167. The minimum atomic E-state index is -4.57. The first-order valence-electron chi connectivity index (χ1n) is 6.95. The number of hydrogen-bond donors (Lipinski definition) is 0. The van der Waals surface area contributed by atoms with E-state index in [0.29, 0.717) is 6.29 Å². The fourth-order valence-corrected chi connectivity index (χ4v) is 2.63. The second kappa shape index (κ2) is 7.21. The zero-order valence-electron chi connectivity index (χ0n) is 12.9. The van der Waals surface area contributed by atoms with Gasteiger partial charge in [-0.05, 0) is 41.8 Å². The van der Waals surface area contributed by atoms with Crippen LogP contribution in [0.5, 0.6) is 5.75 Å². The number of ether oxygens (including phenoxy) is 1. The minimum absolute atomic E-state index is 0.0654. The molecular formula is C18H14BrF3O2. The highest BCUT2D eigenvalue weighted by Crippen LogP contribution is 2.36. The lowest BCUT2D eigenvalue weighted by Crippen LogP contribution is -2.09. The Labute approximate surface area is 146 Å². The van der Waals surface area contributed by atoms with E-state index in [9.17, 15) is 18.0 Å². The molecule has 0 unspecified atom stereocenters. The molecule has 2 nitrogen and oxygen atoms in total. The molecule has 0 bridgehead atoms. The third kappa shape index (κ3) is 3.87. The van der Waals surface area contributed by atoms with Crippen molar-refractivity contribution in [1.82, 2.24) is 0 Å². The Bertz CT molecular complexity index is 796. The molecule has 2 aromatic rings. The molecule has 6 heteroatoms. The summed E-state index contributed by atoms with van der Waals surface area (Å²) in [5, 5.41) is 0. The van der Waals surface area contributed by atoms with Gasteiger partial charge in [0.2, 0.25) is 0 Å². The molecule has 0 radical (unpaired) electrons. The van der Waals surface area contributed by atoms with E-state index < -0.39 is 11.7 Å². The molecule has 0 atom stereocenters. The maximum atomic E-state index is 13.3. The van der Waals surface area contributed by atoms with E-state index in [1.165, 1.54) is 19.3 Å². The molecule has 0 aromatic heterocycles. The van der Waals surface area contributed by atoms with Gasteiger partial charge < -0.3 is 4.74 Å². The summed E-state index contributed by atoms with van der Waals surface area (Å²) < 4.78 is 45.7. The van der Waals surface area contributed by atoms with Gasteiger partial charge in [-0.3, -0.25) is 4.79 Å². The van der Waals surface area contributed by atoms with Crippen LogP contribution in [0, 0.1) is 6.92 Å². The lowest BCUT2D eigenvalue weighted by molar-refractivity contribution is -0.137. The van der Waals surface area contributed by atoms with Crippen molar-refractivity contribution in [2.45, 2.75) is 13.1 Å². The molecular weight excluding hydrogens is 385 g/mol. The van der Waals surface area contributed by atoms with E-state index in [4.69, 9.17) is 4.74 Å². The highest BCUT2D eigenvalue weighted by molar-refractivity contribution is 9.10. The molecule has 0 fully saturated rings. The lowest BCUT2D eigenvalue weighted by Gasteiger charge is -2.14. The van der Waals surface area contributed by atoms with Crippen LogP contribution in [-0.2, 0) is 6.18 Å². The normalized spacial score (nSPS) is 11.8. The number of alkyl halides is 3. The molecule has 0 N–H and O–H groups in total. The van der Waals surface area contributed by atoms with Crippen molar-refractivity contribution >= 4 is 34.4 Å². The second-order valence-corrected chi connectivity index (χ2v) is 5.94. The standard InChI is InChI=1S/C18H14BrF3O2/c1-11-12(4-3-5-16(11)19)6-7-13-9-17(24-2)14(10-23)8-15(13)18(20,21)22/h3-10H,1-2H3/b7-6+. The molecule has 0 aliphatic rings. The molecule has 2 rings (SSSR count). The number of rotatable bonds is 4. The van der Waals surface area contributed by atoms with Crippen LogP contribution in [0.4, 0.5) is 13.2 Å². The molecule has 0 heterocycles. The van der Waals surface area contributed by atoms with E-state index in [-0.39, 0.29) is 16.9 Å². The number of aldehydes is 1. The largest absolute Gasteiger partial charge is 0.496 e. The number of benzene rings is 2. The Morgan fingerprint density at radius 1 is 1.08 bits per heavy atom. The van der Waals surface area contributed by atoms with Gasteiger partial charge in [-0.2, -0.15) is 13.2 Å². The van der Waals surface area contributed by atoms with Gasteiger partial charge in [-0.1, -0.05) is 40.2 Å². The van der Waals surface area contributed by atoms with Crippen molar-refractivity contribution in [2.75, 3.05) is 7.11 Å². The van der Waals surface area contributed by atoms with Gasteiger partial charge in [0.15, 0.2) is 6.29 Å². The average Bonchev–Trinajstić information content (AvgIpc) is 2.54. The summed E-state index contributed by atoms with van der Waals surface area (Å²) in [6, 6.07) is 7.49. The topological polar surface area (TPSA) is 26.3 Å². The smallest absolute Gasteiger partial charge is 0.417 e. The van der Waals surface area contributed by atoms with E-state index in [1.54, 1.807) is 18.2 Å². The first-order valence-corrected chi connectivity index (χ1v) is 7.75. The molecule has 126 valence electrons. The Morgan fingerprint density at radius 2 is 1.75 bits per heavy atom. The summed E-state index contributed by atoms with van der Waals surface area (Å²) in [6.45, 7) is 1.87. The Kier molecular flexibility index (Phi) is 5.49. The van der Waals surface area contributed by atoms with Crippen LogP contribution in [0.2, 0.25) is 0 Å². The third-order valence-corrected chi connectivity index (χ3v) is 4.45. The molecule has 0 amide bonds. The van der Waals surface area contributed by atoms with Crippen LogP contribution in [-0.4, -0.2) is 13.4 Å². The lowest BCUT2D eigenvalue weighted by atomic mass is 10.0. The van der Waals surface area contributed by atoms with Gasteiger partial charge in [-0.15, -0.1) is 0 Å². The Hall–Kier alpha value is -2.08. The quantitative estimate of drug-likeness (QED) is 0.482. The molecule has 0 saturated carbocycles. The first-order chi connectivity index (χ1) is 11.3. The van der Waals surface area contributed by atoms with E-state index >= 15 is 0 Å². The maximum absolute atomic E-state index is 13.3. The van der Waals surface area contributed by atoms with Crippen molar-refractivity contribution in [3.05, 3.63) is 62.6 Å². The van der Waals surface area contributed by atoms with Crippen LogP contribution in [0.3, 0.4) is 0 Å². The summed E-state index contributed by atoms with van der Waals surface area (Å²) in [6.07, 6.45) is -1.25. The number of halogens is 4. The highest BCUT2D eigenvalue weighted by atomic mass is 79.9. The monoisotopic (exact) mass is 398 g/mol. The maximum Gasteiger partial charge on any atom is 0.417 e. The summed E-state index contributed by atoms with van der Waals surface area (Å²) in [5.41, 5.74) is 0.619. The number of methoxy groups -OCH3 is 1. The van der Waals surface area contributed by atoms with Crippen LogP contribution < -0.4 is 4.74 Å².